The minimum absolute atomic E-state index is 0.190. The maximum absolute atomic E-state index is 13.0. The Bertz CT molecular complexity index is 830. The van der Waals surface area contributed by atoms with Gasteiger partial charge in [0.2, 0.25) is 5.91 Å². The normalized spacial score (nSPS) is 11.8. The quantitative estimate of drug-likeness (QED) is 0.566. The van der Waals surface area contributed by atoms with E-state index in [0.717, 1.165) is 10.0 Å². The minimum Gasteiger partial charge on any atom is -0.482 e. The lowest BCUT2D eigenvalue weighted by Crippen LogP contribution is -2.49. The number of hydrogen-bond donors (Lipinski definition) is 1. The SMILES string of the molecule is CC(C)CNC(=O)[C@@H](C)N(Cc1ccccc1)C(=O)COc1ccc(Br)cc1Cl. The topological polar surface area (TPSA) is 58.6 Å². The van der Waals surface area contributed by atoms with Gasteiger partial charge in [-0.25, -0.2) is 0 Å². The van der Waals surface area contributed by atoms with Crippen LogP contribution < -0.4 is 10.1 Å². The molecule has 0 aliphatic carbocycles. The molecule has 0 saturated heterocycles. The van der Waals surface area contributed by atoms with Crippen molar-refractivity contribution in [1.29, 1.82) is 0 Å². The van der Waals surface area contributed by atoms with Gasteiger partial charge in [0.15, 0.2) is 6.61 Å². The van der Waals surface area contributed by atoms with Crippen molar-refractivity contribution in [2.75, 3.05) is 13.2 Å². The van der Waals surface area contributed by atoms with Crippen molar-refractivity contribution in [1.82, 2.24) is 10.2 Å². The highest BCUT2D eigenvalue weighted by molar-refractivity contribution is 9.10. The van der Waals surface area contributed by atoms with Crippen molar-refractivity contribution in [3.05, 3.63) is 63.6 Å². The summed E-state index contributed by atoms with van der Waals surface area (Å²) in [6.07, 6.45) is 0. The first-order valence-corrected chi connectivity index (χ1v) is 10.6. The van der Waals surface area contributed by atoms with Crippen LogP contribution in [0.2, 0.25) is 5.02 Å². The third kappa shape index (κ3) is 7.37. The largest absolute Gasteiger partial charge is 0.482 e. The van der Waals surface area contributed by atoms with E-state index in [2.05, 4.69) is 21.2 Å². The highest BCUT2D eigenvalue weighted by Crippen LogP contribution is 2.27. The zero-order valence-corrected chi connectivity index (χ0v) is 19.2. The molecular weight excluding hydrogens is 456 g/mol. The van der Waals surface area contributed by atoms with Gasteiger partial charge in [0, 0.05) is 17.6 Å². The number of rotatable bonds is 9. The van der Waals surface area contributed by atoms with Gasteiger partial charge >= 0.3 is 0 Å². The Hall–Kier alpha value is -2.05. The Balaban J connectivity index is 2.12. The zero-order valence-electron chi connectivity index (χ0n) is 16.8. The molecular formula is C22H26BrClN2O3. The Morgan fingerprint density at radius 3 is 2.45 bits per heavy atom. The average Bonchev–Trinajstić information content (AvgIpc) is 2.69. The molecule has 0 saturated carbocycles. The van der Waals surface area contributed by atoms with E-state index in [1.807, 2.05) is 44.2 Å². The number of carbonyl (C=O) groups excluding carboxylic acids is 2. The summed E-state index contributed by atoms with van der Waals surface area (Å²) in [5.41, 5.74) is 0.936. The predicted octanol–water partition coefficient (Wildman–Crippen LogP) is 4.67. The molecule has 0 unspecified atom stereocenters. The second kappa shape index (κ2) is 11.2. The summed E-state index contributed by atoms with van der Waals surface area (Å²) in [5.74, 6) is 0.261. The van der Waals surface area contributed by atoms with Crippen LogP contribution >= 0.6 is 27.5 Å². The van der Waals surface area contributed by atoms with Crippen LogP contribution in [0.4, 0.5) is 0 Å². The molecule has 0 bridgehead atoms. The third-order valence-electron chi connectivity index (χ3n) is 4.29. The number of hydrogen-bond acceptors (Lipinski definition) is 3. The first kappa shape index (κ1) is 23.2. The Morgan fingerprint density at radius 1 is 1.14 bits per heavy atom. The van der Waals surface area contributed by atoms with Crippen molar-refractivity contribution < 1.29 is 14.3 Å². The van der Waals surface area contributed by atoms with Crippen LogP contribution in [-0.4, -0.2) is 35.9 Å². The molecule has 156 valence electrons. The second-order valence-corrected chi connectivity index (χ2v) is 8.51. The van der Waals surface area contributed by atoms with Crippen molar-refractivity contribution in [3.8, 4) is 5.75 Å². The fourth-order valence-electron chi connectivity index (χ4n) is 2.63. The predicted molar refractivity (Wildman–Crippen MR) is 119 cm³/mol. The molecule has 7 heteroatoms. The molecule has 5 nitrogen and oxygen atoms in total. The Morgan fingerprint density at radius 2 is 1.83 bits per heavy atom. The molecule has 0 spiro atoms. The number of benzene rings is 2. The molecule has 0 aliphatic rings. The lowest BCUT2D eigenvalue weighted by molar-refractivity contribution is -0.142. The van der Waals surface area contributed by atoms with E-state index in [0.29, 0.717) is 29.8 Å². The van der Waals surface area contributed by atoms with Gasteiger partial charge in [0.1, 0.15) is 11.8 Å². The van der Waals surface area contributed by atoms with Crippen LogP contribution in [0.5, 0.6) is 5.75 Å². The fraction of sp³-hybridized carbons (Fsp3) is 0.364. The summed E-state index contributed by atoms with van der Waals surface area (Å²) >= 11 is 9.50. The first-order valence-electron chi connectivity index (χ1n) is 9.47. The van der Waals surface area contributed by atoms with Crippen molar-refractivity contribution >= 4 is 39.3 Å². The molecule has 1 N–H and O–H groups in total. The summed E-state index contributed by atoms with van der Waals surface area (Å²) in [4.78, 5) is 27.1. The van der Waals surface area contributed by atoms with Gasteiger partial charge in [-0.05, 0) is 36.6 Å². The molecule has 0 aromatic heterocycles. The molecule has 29 heavy (non-hydrogen) atoms. The molecule has 2 amide bonds. The number of ether oxygens (including phenoxy) is 1. The van der Waals surface area contributed by atoms with Gasteiger partial charge in [-0.15, -0.1) is 0 Å². The van der Waals surface area contributed by atoms with E-state index in [4.69, 9.17) is 16.3 Å². The maximum atomic E-state index is 13.0. The van der Waals surface area contributed by atoms with Crippen LogP contribution in [0.1, 0.15) is 26.3 Å². The van der Waals surface area contributed by atoms with Gasteiger partial charge in [0.25, 0.3) is 5.91 Å². The second-order valence-electron chi connectivity index (χ2n) is 7.19. The highest BCUT2D eigenvalue weighted by Gasteiger charge is 2.26. The Kier molecular flexibility index (Phi) is 8.99. The van der Waals surface area contributed by atoms with Crippen LogP contribution in [0.3, 0.4) is 0 Å². The van der Waals surface area contributed by atoms with E-state index < -0.39 is 6.04 Å². The van der Waals surface area contributed by atoms with Crippen LogP contribution in [0, 0.1) is 5.92 Å². The number of halogens is 2. The summed E-state index contributed by atoms with van der Waals surface area (Å²) in [6, 6.07) is 14.1. The molecule has 2 aromatic rings. The number of nitrogens with one attached hydrogen (secondary N) is 1. The molecule has 2 rings (SSSR count). The van der Waals surface area contributed by atoms with E-state index in [1.165, 1.54) is 4.90 Å². The minimum atomic E-state index is -0.634. The summed E-state index contributed by atoms with van der Waals surface area (Å²) in [6.45, 7) is 6.43. The van der Waals surface area contributed by atoms with Gasteiger partial charge in [-0.3, -0.25) is 9.59 Å². The monoisotopic (exact) mass is 480 g/mol. The number of amides is 2. The molecule has 0 fully saturated rings. The lowest BCUT2D eigenvalue weighted by Gasteiger charge is -2.29. The lowest BCUT2D eigenvalue weighted by atomic mass is 10.1. The van der Waals surface area contributed by atoms with E-state index >= 15 is 0 Å². The van der Waals surface area contributed by atoms with Gasteiger partial charge < -0.3 is 15.0 Å². The van der Waals surface area contributed by atoms with E-state index in [-0.39, 0.29) is 18.4 Å². The summed E-state index contributed by atoms with van der Waals surface area (Å²) < 4.78 is 6.45. The first-order chi connectivity index (χ1) is 13.8. The van der Waals surface area contributed by atoms with Crippen molar-refractivity contribution in [3.63, 3.8) is 0 Å². The van der Waals surface area contributed by atoms with Crippen LogP contribution in [-0.2, 0) is 16.1 Å². The molecule has 1 atom stereocenters. The van der Waals surface area contributed by atoms with E-state index in [1.54, 1.807) is 25.1 Å². The smallest absolute Gasteiger partial charge is 0.261 e. The van der Waals surface area contributed by atoms with Gasteiger partial charge in [0.05, 0.1) is 5.02 Å². The van der Waals surface area contributed by atoms with E-state index in [9.17, 15) is 9.59 Å². The maximum Gasteiger partial charge on any atom is 0.261 e. The molecule has 0 aliphatic heterocycles. The zero-order chi connectivity index (χ0) is 21.4. The molecule has 2 aromatic carbocycles. The molecule has 0 radical (unpaired) electrons. The number of carbonyl (C=O) groups is 2. The average molecular weight is 482 g/mol. The van der Waals surface area contributed by atoms with Crippen molar-refractivity contribution in [2.24, 2.45) is 5.92 Å². The highest BCUT2D eigenvalue weighted by atomic mass is 79.9. The third-order valence-corrected chi connectivity index (χ3v) is 5.08. The van der Waals surface area contributed by atoms with Gasteiger partial charge in [-0.2, -0.15) is 0 Å². The summed E-state index contributed by atoms with van der Waals surface area (Å²) in [7, 11) is 0. The summed E-state index contributed by atoms with van der Waals surface area (Å²) in [5, 5.41) is 3.30. The standard InChI is InChI=1S/C22H26BrClN2O3/c1-15(2)12-25-22(28)16(3)26(13-17-7-5-4-6-8-17)21(27)14-29-20-10-9-18(23)11-19(20)24/h4-11,15-16H,12-14H2,1-3H3,(H,25,28)/t16-/m1/s1. The van der Waals surface area contributed by atoms with Crippen molar-refractivity contribution in [2.45, 2.75) is 33.4 Å². The Labute approximate surface area is 185 Å². The van der Waals surface area contributed by atoms with Crippen LogP contribution in [0.25, 0.3) is 0 Å². The fourth-order valence-corrected chi connectivity index (χ4v) is 3.36. The van der Waals surface area contributed by atoms with Gasteiger partial charge in [-0.1, -0.05) is 71.7 Å². The van der Waals surface area contributed by atoms with Crippen LogP contribution in [0.15, 0.2) is 53.0 Å². The molecule has 0 heterocycles. The number of nitrogens with zero attached hydrogens (tertiary/aromatic N) is 1.